The standard InChI is InChI=1S/C32H38ClN3O5S/c1-23-13-18-30(41-2)28(19-23)36(42(3,39)40)22-31(37)35(21-25-14-16-26(33)17-15-25)29(20-24-9-5-4-6-10-24)32(38)34-27-11-7-8-12-27/h4-6,9-10,13-19,27,29H,7-8,11-12,20-22H2,1-3H3,(H,34,38)/t29-/m0/s1. The fourth-order valence-electron chi connectivity index (χ4n) is 5.30. The summed E-state index contributed by atoms with van der Waals surface area (Å²) >= 11 is 6.12. The van der Waals surface area contributed by atoms with Gasteiger partial charge in [-0.25, -0.2) is 8.42 Å². The summed E-state index contributed by atoms with van der Waals surface area (Å²) in [6.45, 7) is 1.42. The van der Waals surface area contributed by atoms with Gasteiger partial charge in [-0.3, -0.25) is 13.9 Å². The highest BCUT2D eigenvalue weighted by molar-refractivity contribution is 7.92. The molecule has 0 bridgehead atoms. The van der Waals surface area contributed by atoms with E-state index in [0.29, 0.717) is 10.8 Å². The molecule has 224 valence electrons. The highest BCUT2D eigenvalue weighted by Gasteiger charge is 2.34. The van der Waals surface area contributed by atoms with E-state index in [1.165, 1.54) is 12.0 Å². The molecule has 0 unspecified atom stereocenters. The van der Waals surface area contributed by atoms with Crippen LogP contribution in [0.25, 0.3) is 0 Å². The lowest BCUT2D eigenvalue weighted by Crippen LogP contribution is -2.54. The maximum atomic E-state index is 14.3. The second-order valence-corrected chi connectivity index (χ2v) is 13.1. The van der Waals surface area contributed by atoms with Gasteiger partial charge in [0.15, 0.2) is 0 Å². The fraction of sp³-hybridized carbons (Fsp3) is 0.375. The Morgan fingerprint density at radius 3 is 2.29 bits per heavy atom. The van der Waals surface area contributed by atoms with Crippen LogP contribution in [0.4, 0.5) is 5.69 Å². The minimum atomic E-state index is -3.91. The molecule has 0 aromatic heterocycles. The van der Waals surface area contributed by atoms with Gasteiger partial charge < -0.3 is 15.0 Å². The number of aryl methyl sites for hydroxylation is 1. The van der Waals surface area contributed by atoms with Crippen LogP contribution in [0, 0.1) is 6.92 Å². The molecule has 0 radical (unpaired) electrons. The molecule has 8 nitrogen and oxygen atoms in total. The van der Waals surface area contributed by atoms with E-state index < -0.39 is 28.5 Å². The number of rotatable bonds is 12. The number of carbonyl (C=O) groups is 2. The Morgan fingerprint density at radius 2 is 1.67 bits per heavy atom. The number of methoxy groups -OCH3 is 1. The molecule has 3 aromatic rings. The lowest BCUT2D eigenvalue weighted by molar-refractivity contribution is -0.140. The third kappa shape index (κ3) is 8.26. The Balaban J connectivity index is 1.75. The number of carbonyl (C=O) groups excluding carboxylic acids is 2. The number of sulfonamides is 1. The number of nitrogens with zero attached hydrogens (tertiary/aromatic N) is 2. The van der Waals surface area contributed by atoms with Gasteiger partial charge in [0.2, 0.25) is 21.8 Å². The van der Waals surface area contributed by atoms with Gasteiger partial charge in [-0.2, -0.15) is 0 Å². The summed E-state index contributed by atoms with van der Waals surface area (Å²) in [5, 5.41) is 3.71. The van der Waals surface area contributed by atoms with Gasteiger partial charge in [-0.05, 0) is 60.7 Å². The third-order valence-electron chi connectivity index (χ3n) is 7.52. The van der Waals surface area contributed by atoms with Crippen molar-refractivity contribution in [1.29, 1.82) is 0 Å². The van der Waals surface area contributed by atoms with Crippen LogP contribution >= 0.6 is 11.6 Å². The maximum absolute atomic E-state index is 14.3. The minimum Gasteiger partial charge on any atom is -0.495 e. The van der Waals surface area contributed by atoms with Crippen molar-refractivity contribution in [3.63, 3.8) is 0 Å². The first-order valence-electron chi connectivity index (χ1n) is 14.1. The number of ether oxygens (including phenoxy) is 1. The van der Waals surface area contributed by atoms with E-state index in [2.05, 4.69) is 5.32 Å². The zero-order chi connectivity index (χ0) is 30.3. The molecule has 0 saturated heterocycles. The average molecular weight is 612 g/mol. The normalized spacial score (nSPS) is 14.3. The molecule has 1 atom stereocenters. The van der Waals surface area contributed by atoms with Gasteiger partial charge in [-0.15, -0.1) is 0 Å². The maximum Gasteiger partial charge on any atom is 0.244 e. The van der Waals surface area contributed by atoms with Gasteiger partial charge in [0.1, 0.15) is 18.3 Å². The quantitative estimate of drug-likeness (QED) is 0.307. The molecule has 1 aliphatic rings. The number of anilines is 1. The van der Waals surface area contributed by atoms with E-state index in [0.717, 1.165) is 52.9 Å². The van der Waals surface area contributed by atoms with Crippen molar-refractivity contribution in [1.82, 2.24) is 10.2 Å². The van der Waals surface area contributed by atoms with Gasteiger partial charge in [0.05, 0.1) is 19.1 Å². The van der Waals surface area contributed by atoms with Crippen molar-refractivity contribution in [3.8, 4) is 5.75 Å². The lowest BCUT2D eigenvalue weighted by atomic mass is 10.0. The first-order chi connectivity index (χ1) is 20.0. The summed E-state index contributed by atoms with van der Waals surface area (Å²) in [6, 6.07) is 20.9. The monoisotopic (exact) mass is 611 g/mol. The van der Waals surface area contributed by atoms with Crippen LogP contribution in [-0.2, 0) is 32.6 Å². The predicted octanol–water partition coefficient (Wildman–Crippen LogP) is 5.12. The number of hydrogen-bond donors (Lipinski definition) is 1. The van der Waals surface area contributed by atoms with Crippen LogP contribution < -0.4 is 14.4 Å². The summed E-state index contributed by atoms with van der Waals surface area (Å²) in [6.07, 6.45) is 5.20. The van der Waals surface area contributed by atoms with Gasteiger partial charge in [-0.1, -0.05) is 73.0 Å². The van der Waals surface area contributed by atoms with Gasteiger partial charge in [0, 0.05) is 24.0 Å². The van der Waals surface area contributed by atoms with E-state index in [1.807, 2.05) is 37.3 Å². The molecule has 0 spiro atoms. The molecule has 1 N–H and O–H groups in total. The fourth-order valence-corrected chi connectivity index (χ4v) is 6.27. The van der Waals surface area contributed by atoms with E-state index >= 15 is 0 Å². The molecule has 42 heavy (non-hydrogen) atoms. The molecule has 0 aliphatic heterocycles. The van der Waals surface area contributed by atoms with Crippen LogP contribution in [-0.4, -0.2) is 57.1 Å². The number of amides is 2. The van der Waals surface area contributed by atoms with Crippen molar-refractivity contribution in [3.05, 3.63) is 94.5 Å². The summed E-state index contributed by atoms with van der Waals surface area (Å²) in [5.41, 5.74) is 2.72. The minimum absolute atomic E-state index is 0.0485. The molecule has 0 heterocycles. The number of halogens is 1. The van der Waals surface area contributed by atoms with Crippen molar-refractivity contribution < 1.29 is 22.7 Å². The molecule has 2 amide bonds. The van der Waals surface area contributed by atoms with E-state index in [1.54, 1.807) is 42.5 Å². The molecule has 1 fully saturated rings. The number of hydrogen-bond acceptors (Lipinski definition) is 5. The van der Waals surface area contributed by atoms with E-state index in [4.69, 9.17) is 16.3 Å². The molecule has 1 saturated carbocycles. The topological polar surface area (TPSA) is 96.0 Å². The van der Waals surface area contributed by atoms with Crippen molar-refractivity contribution >= 4 is 39.1 Å². The second kappa shape index (κ2) is 14.1. The van der Waals surface area contributed by atoms with Crippen LogP contribution in [0.5, 0.6) is 5.75 Å². The van der Waals surface area contributed by atoms with Crippen molar-refractivity contribution in [2.45, 2.75) is 57.7 Å². The molecule has 1 aliphatic carbocycles. The van der Waals surface area contributed by atoms with Crippen LogP contribution in [0.1, 0.15) is 42.4 Å². The van der Waals surface area contributed by atoms with E-state index in [9.17, 15) is 18.0 Å². The first-order valence-corrected chi connectivity index (χ1v) is 16.3. The molecular weight excluding hydrogens is 574 g/mol. The largest absolute Gasteiger partial charge is 0.495 e. The first kappa shape index (κ1) is 31.4. The number of benzene rings is 3. The summed E-state index contributed by atoms with van der Waals surface area (Å²) in [4.78, 5) is 29.7. The Hall–Kier alpha value is -3.56. The molecular formula is C32H38ClN3O5S. The Labute approximate surface area is 253 Å². The summed E-state index contributed by atoms with van der Waals surface area (Å²) in [5.74, 6) is -0.448. The molecule has 3 aromatic carbocycles. The van der Waals surface area contributed by atoms with Crippen LogP contribution in [0.15, 0.2) is 72.8 Å². The SMILES string of the molecule is COc1ccc(C)cc1N(CC(=O)N(Cc1ccc(Cl)cc1)[C@@H](Cc1ccccc1)C(=O)NC1CCCC1)S(C)(=O)=O. The Bertz CT molecular complexity index is 1480. The van der Waals surface area contributed by atoms with Crippen molar-refractivity contribution in [2.24, 2.45) is 0 Å². The molecule has 4 rings (SSSR count). The van der Waals surface area contributed by atoms with Crippen LogP contribution in [0.3, 0.4) is 0 Å². The van der Waals surface area contributed by atoms with Gasteiger partial charge in [0.25, 0.3) is 0 Å². The zero-order valence-corrected chi connectivity index (χ0v) is 25.8. The van der Waals surface area contributed by atoms with Gasteiger partial charge >= 0.3 is 0 Å². The Kier molecular flexibility index (Phi) is 10.5. The lowest BCUT2D eigenvalue weighted by Gasteiger charge is -2.34. The molecule has 10 heteroatoms. The summed E-state index contributed by atoms with van der Waals surface area (Å²) < 4.78 is 32.7. The third-order valence-corrected chi connectivity index (χ3v) is 8.90. The van der Waals surface area contributed by atoms with E-state index in [-0.39, 0.29) is 30.6 Å². The van der Waals surface area contributed by atoms with Crippen molar-refractivity contribution in [2.75, 3.05) is 24.2 Å². The summed E-state index contributed by atoms with van der Waals surface area (Å²) in [7, 11) is -2.46. The zero-order valence-electron chi connectivity index (χ0n) is 24.3. The predicted molar refractivity (Wildman–Crippen MR) is 166 cm³/mol. The number of nitrogens with one attached hydrogen (secondary N) is 1. The average Bonchev–Trinajstić information content (AvgIpc) is 3.47. The highest BCUT2D eigenvalue weighted by Crippen LogP contribution is 2.31. The smallest absolute Gasteiger partial charge is 0.244 e. The van der Waals surface area contributed by atoms with Crippen LogP contribution in [0.2, 0.25) is 5.02 Å². The second-order valence-electron chi connectivity index (χ2n) is 10.8. The highest BCUT2D eigenvalue weighted by atomic mass is 35.5. The Morgan fingerprint density at radius 1 is 1.00 bits per heavy atom.